The molecule has 0 spiro atoms. The van der Waals surface area contributed by atoms with Crippen LogP contribution in [0.5, 0.6) is 5.75 Å². The Balaban J connectivity index is 1.93. The predicted octanol–water partition coefficient (Wildman–Crippen LogP) is 4.17. The Bertz CT molecular complexity index is 511. The Kier molecular flexibility index (Phi) is 5.92. The summed E-state index contributed by atoms with van der Waals surface area (Å²) < 4.78 is 10.7. The van der Waals surface area contributed by atoms with Gasteiger partial charge in [0.25, 0.3) is 0 Å². The Morgan fingerprint density at radius 1 is 1.20 bits per heavy atom. The molecular formula is C15H20N2O2S. The normalized spacial score (nSPS) is 10.7. The van der Waals surface area contributed by atoms with Gasteiger partial charge in [0, 0.05) is 5.56 Å². The Morgan fingerprint density at radius 2 is 2.00 bits per heavy atom. The molecule has 0 N–H and O–H groups in total. The second-order valence-electron chi connectivity index (χ2n) is 4.38. The topological polar surface area (TPSA) is 48.2 Å². The number of hydrogen-bond acceptors (Lipinski definition) is 5. The standard InChI is InChI=1S/C15H20N2O2S/c1-3-5-10-20-11-14-16-15(17-19-14)12-6-8-13(9-7-12)18-4-2/h6-9H,3-5,10-11H2,1-2H3. The Morgan fingerprint density at radius 3 is 2.70 bits per heavy atom. The molecule has 1 heterocycles. The van der Waals surface area contributed by atoms with Gasteiger partial charge in [-0.1, -0.05) is 18.5 Å². The molecule has 20 heavy (non-hydrogen) atoms. The molecular weight excluding hydrogens is 272 g/mol. The molecule has 0 aliphatic rings. The first-order valence-electron chi connectivity index (χ1n) is 6.97. The number of benzene rings is 1. The molecule has 0 bridgehead atoms. The summed E-state index contributed by atoms with van der Waals surface area (Å²) >= 11 is 1.83. The fourth-order valence-corrected chi connectivity index (χ4v) is 2.63. The van der Waals surface area contributed by atoms with E-state index in [4.69, 9.17) is 9.26 Å². The maximum absolute atomic E-state index is 5.41. The van der Waals surface area contributed by atoms with Crippen molar-refractivity contribution in [1.82, 2.24) is 10.1 Å². The van der Waals surface area contributed by atoms with Crippen molar-refractivity contribution < 1.29 is 9.26 Å². The lowest BCUT2D eigenvalue weighted by atomic mass is 10.2. The average molecular weight is 292 g/mol. The van der Waals surface area contributed by atoms with Crippen LogP contribution in [0.25, 0.3) is 11.4 Å². The molecule has 0 aliphatic carbocycles. The van der Waals surface area contributed by atoms with Gasteiger partial charge in [-0.15, -0.1) is 0 Å². The molecule has 0 radical (unpaired) electrons. The summed E-state index contributed by atoms with van der Waals surface area (Å²) in [5.41, 5.74) is 0.946. The largest absolute Gasteiger partial charge is 0.494 e. The average Bonchev–Trinajstić information content (AvgIpc) is 2.94. The third-order valence-corrected chi connectivity index (χ3v) is 3.79. The molecule has 108 valence electrons. The van der Waals surface area contributed by atoms with Gasteiger partial charge >= 0.3 is 0 Å². The van der Waals surface area contributed by atoms with Crippen LogP contribution in [0.4, 0.5) is 0 Å². The summed E-state index contributed by atoms with van der Waals surface area (Å²) in [5, 5.41) is 4.02. The third kappa shape index (κ3) is 4.27. The maximum atomic E-state index is 5.41. The van der Waals surface area contributed by atoms with Gasteiger partial charge < -0.3 is 9.26 Å². The summed E-state index contributed by atoms with van der Waals surface area (Å²) in [4.78, 5) is 4.41. The van der Waals surface area contributed by atoms with Crippen molar-refractivity contribution in [3.8, 4) is 17.1 Å². The van der Waals surface area contributed by atoms with Crippen molar-refractivity contribution in [3.05, 3.63) is 30.2 Å². The summed E-state index contributed by atoms with van der Waals surface area (Å²) in [6.07, 6.45) is 2.44. The molecule has 0 saturated heterocycles. The Hall–Kier alpha value is -1.49. The zero-order chi connectivity index (χ0) is 14.2. The Labute approximate surface area is 123 Å². The van der Waals surface area contributed by atoms with Crippen LogP contribution in [0.2, 0.25) is 0 Å². The van der Waals surface area contributed by atoms with Crippen LogP contribution < -0.4 is 4.74 Å². The molecule has 1 aromatic heterocycles. The van der Waals surface area contributed by atoms with Crippen LogP contribution in [-0.2, 0) is 5.75 Å². The number of rotatable bonds is 8. The molecule has 2 rings (SSSR count). The van der Waals surface area contributed by atoms with E-state index in [-0.39, 0.29) is 0 Å². The maximum Gasteiger partial charge on any atom is 0.236 e. The highest BCUT2D eigenvalue weighted by Gasteiger charge is 2.08. The summed E-state index contributed by atoms with van der Waals surface area (Å²) in [5.74, 6) is 4.10. The van der Waals surface area contributed by atoms with Crippen LogP contribution in [0.1, 0.15) is 32.6 Å². The second-order valence-corrected chi connectivity index (χ2v) is 5.48. The molecule has 5 heteroatoms. The highest BCUT2D eigenvalue weighted by atomic mass is 32.2. The molecule has 1 aromatic carbocycles. The van der Waals surface area contributed by atoms with E-state index < -0.39 is 0 Å². The lowest BCUT2D eigenvalue weighted by molar-refractivity contribution is 0.340. The molecule has 0 atom stereocenters. The van der Waals surface area contributed by atoms with Gasteiger partial charge in [-0.2, -0.15) is 16.7 Å². The summed E-state index contributed by atoms with van der Waals surface area (Å²) in [6.45, 7) is 4.83. The minimum absolute atomic E-state index is 0.638. The smallest absolute Gasteiger partial charge is 0.236 e. The molecule has 4 nitrogen and oxygen atoms in total. The zero-order valence-corrected chi connectivity index (χ0v) is 12.8. The van der Waals surface area contributed by atoms with Crippen LogP contribution in [0.15, 0.2) is 28.8 Å². The van der Waals surface area contributed by atoms with Gasteiger partial charge in [0.05, 0.1) is 12.4 Å². The number of hydrogen-bond donors (Lipinski definition) is 0. The quantitative estimate of drug-likeness (QED) is 0.683. The van der Waals surface area contributed by atoms with Gasteiger partial charge in [0.15, 0.2) is 0 Å². The van der Waals surface area contributed by atoms with Gasteiger partial charge in [0.2, 0.25) is 11.7 Å². The number of ether oxygens (including phenoxy) is 1. The molecule has 2 aromatic rings. The lowest BCUT2D eigenvalue weighted by Gasteiger charge is -2.02. The van der Waals surface area contributed by atoms with E-state index in [9.17, 15) is 0 Å². The van der Waals surface area contributed by atoms with Gasteiger partial charge in [-0.05, 0) is 43.4 Å². The van der Waals surface area contributed by atoms with E-state index in [1.807, 2.05) is 43.0 Å². The molecule has 0 fully saturated rings. The number of unbranched alkanes of at least 4 members (excludes halogenated alkanes) is 1. The van der Waals surface area contributed by atoms with Crippen LogP contribution in [0, 0.1) is 0 Å². The monoisotopic (exact) mass is 292 g/mol. The van der Waals surface area contributed by atoms with Crippen LogP contribution >= 0.6 is 11.8 Å². The minimum Gasteiger partial charge on any atom is -0.494 e. The van der Waals surface area contributed by atoms with Crippen LogP contribution in [-0.4, -0.2) is 22.5 Å². The van der Waals surface area contributed by atoms with E-state index >= 15 is 0 Å². The van der Waals surface area contributed by atoms with Gasteiger partial charge in [-0.25, -0.2) is 0 Å². The van der Waals surface area contributed by atoms with E-state index in [1.54, 1.807) is 0 Å². The molecule has 0 saturated carbocycles. The van der Waals surface area contributed by atoms with E-state index in [0.29, 0.717) is 18.3 Å². The van der Waals surface area contributed by atoms with Crippen LogP contribution in [0.3, 0.4) is 0 Å². The molecule has 0 amide bonds. The third-order valence-electron chi connectivity index (χ3n) is 2.76. The number of nitrogens with zero attached hydrogens (tertiary/aromatic N) is 2. The van der Waals surface area contributed by atoms with Crippen molar-refractivity contribution in [2.75, 3.05) is 12.4 Å². The first-order valence-corrected chi connectivity index (χ1v) is 8.12. The second kappa shape index (κ2) is 7.94. The van der Waals surface area contributed by atoms with Crippen molar-refractivity contribution >= 4 is 11.8 Å². The number of aromatic nitrogens is 2. The minimum atomic E-state index is 0.638. The van der Waals surface area contributed by atoms with Crippen molar-refractivity contribution in [2.45, 2.75) is 32.4 Å². The summed E-state index contributed by atoms with van der Waals surface area (Å²) in [6, 6.07) is 7.74. The highest BCUT2D eigenvalue weighted by Crippen LogP contribution is 2.21. The first kappa shape index (κ1) is 14.9. The fraction of sp³-hybridized carbons (Fsp3) is 0.467. The predicted molar refractivity (Wildman–Crippen MR) is 82.0 cm³/mol. The fourth-order valence-electron chi connectivity index (χ4n) is 1.70. The van der Waals surface area contributed by atoms with E-state index in [0.717, 1.165) is 22.8 Å². The van der Waals surface area contributed by atoms with Crippen molar-refractivity contribution in [3.63, 3.8) is 0 Å². The van der Waals surface area contributed by atoms with Crippen molar-refractivity contribution in [2.24, 2.45) is 0 Å². The SMILES string of the molecule is CCCCSCc1nc(-c2ccc(OCC)cc2)no1. The molecule has 0 unspecified atom stereocenters. The highest BCUT2D eigenvalue weighted by molar-refractivity contribution is 7.98. The first-order chi connectivity index (χ1) is 9.83. The van der Waals surface area contributed by atoms with E-state index in [2.05, 4.69) is 17.1 Å². The van der Waals surface area contributed by atoms with E-state index in [1.165, 1.54) is 12.8 Å². The lowest BCUT2D eigenvalue weighted by Crippen LogP contribution is -1.91. The number of thioether (sulfide) groups is 1. The summed E-state index contributed by atoms with van der Waals surface area (Å²) in [7, 11) is 0. The molecule has 0 aliphatic heterocycles. The zero-order valence-electron chi connectivity index (χ0n) is 12.0. The van der Waals surface area contributed by atoms with Gasteiger partial charge in [0.1, 0.15) is 5.75 Å². The van der Waals surface area contributed by atoms with Crippen molar-refractivity contribution in [1.29, 1.82) is 0 Å². The van der Waals surface area contributed by atoms with Gasteiger partial charge in [-0.3, -0.25) is 0 Å².